The Hall–Kier alpha value is 0.570. The van der Waals surface area contributed by atoms with E-state index in [2.05, 4.69) is 13.5 Å². The summed E-state index contributed by atoms with van der Waals surface area (Å²) < 4.78 is 0. The first-order valence-corrected chi connectivity index (χ1v) is 1.88. The van der Waals surface area contributed by atoms with Crippen LogP contribution in [0.25, 0.3) is 5.73 Å². The van der Waals surface area contributed by atoms with Crippen molar-refractivity contribution in [3.8, 4) is 0 Å². The van der Waals surface area contributed by atoms with Gasteiger partial charge in [0.2, 0.25) is 0 Å². The van der Waals surface area contributed by atoms with Gasteiger partial charge in [0.1, 0.15) is 0 Å². The van der Waals surface area contributed by atoms with Crippen LogP contribution in [-0.4, -0.2) is 6.54 Å². The van der Waals surface area contributed by atoms with E-state index in [1.807, 2.05) is 0 Å². The van der Waals surface area contributed by atoms with Gasteiger partial charge >= 0.3 is 0 Å². The summed E-state index contributed by atoms with van der Waals surface area (Å²) in [6.07, 6.45) is 1.54. The van der Waals surface area contributed by atoms with Crippen LogP contribution in [0.1, 0.15) is 6.92 Å². The molecule has 2 heteroatoms. The van der Waals surface area contributed by atoms with E-state index in [1.165, 1.54) is 0 Å². The van der Waals surface area contributed by atoms with E-state index in [9.17, 15) is 0 Å². The third-order valence-corrected chi connectivity index (χ3v) is 0.144. The van der Waals surface area contributed by atoms with Gasteiger partial charge in [-0.25, -0.2) is 0 Å². The van der Waals surface area contributed by atoms with Gasteiger partial charge < -0.3 is 42.4 Å². The Morgan fingerprint density at radius 1 is 1.18 bits per heavy atom. The smallest absolute Gasteiger partial charge is 0 e. The summed E-state index contributed by atoms with van der Waals surface area (Å²) in [4.78, 5) is 0. The molecule has 0 unspecified atom stereocenters. The van der Waals surface area contributed by atoms with Gasteiger partial charge in [0.15, 0.2) is 0 Å². The maximum Gasteiger partial charge on any atom is 0 e. The van der Waals surface area contributed by atoms with Gasteiger partial charge in [-0.3, -0.25) is 0 Å². The second-order valence-corrected chi connectivity index (χ2v) is 0.493. The summed E-state index contributed by atoms with van der Waals surface area (Å²) in [5.41, 5.74) is 6.33. The third-order valence-electron chi connectivity index (χ3n) is 0.144. The van der Waals surface area contributed by atoms with E-state index in [0.29, 0.717) is 6.54 Å². The van der Waals surface area contributed by atoms with Crippen LogP contribution < -0.4 is 0 Å². The molecule has 0 saturated carbocycles. The number of hydrogen-bond acceptors (Lipinski definition) is 0. The van der Waals surface area contributed by atoms with Crippen molar-refractivity contribution in [3.63, 3.8) is 0 Å². The van der Waals surface area contributed by atoms with E-state index in [0.717, 1.165) is 0 Å². The Morgan fingerprint density at radius 2 is 1.27 bits per heavy atom. The van der Waals surface area contributed by atoms with Crippen molar-refractivity contribution < 1.29 is 25.8 Å². The van der Waals surface area contributed by atoms with E-state index in [1.54, 1.807) is 13.0 Å². The molecule has 0 aliphatic carbocycles. The molecule has 0 aromatic heterocycles. The zero-order chi connectivity index (χ0) is 5.41. The topological polar surface area (TPSA) is 23.8 Å². The van der Waals surface area contributed by atoms with E-state index in [-0.39, 0.29) is 55.5 Å². The maximum atomic E-state index is 6.33. The molecule has 11 heavy (non-hydrogen) atoms. The minimum atomic E-state index is 0. The maximum absolute atomic E-state index is 6.33. The summed E-state index contributed by atoms with van der Waals surface area (Å²) in [5, 5.41) is 0. The van der Waals surface area contributed by atoms with Gasteiger partial charge in [0.25, 0.3) is 0 Å². The van der Waals surface area contributed by atoms with E-state index >= 15 is 0 Å². The fourth-order valence-corrected chi connectivity index (χ4v) is 0. The van der Waals surface area contributed by atoms with Crippen LogP contribution in [-0.2, 0) is 25.8 Å². The Labute approximate surface area is 94.2 Å². The monoisotopic (exact) mass is 325 g/mol. The molecule has 0 rings (SSSR count). The fraction of sp³-hybridized carbons (Fsp3) is 0.222. The average Bonchev–Trinajstić information content (AvgIpc) is 1.72. The molecule has 0 heterocycles. The second kappa shape index (κ2) is 147. The molecule has 0 radical (unpaired) electrons. The van der Waals surface area contributed by atoms with E-state index < -0.39 is 0 Å². The molecule has 1 N–H and O–H groups in total. The molecule has 1 nitrogen and oxygen atoms in total. The summed E-state index contributed by atoms with van der Waals surface area (Å²) in [7, 11) is 0. The molecule has 0 fully saturated rings. The molecule has 0 spiro atoms. The molecular weight excluding hydrogens is 301 g/mol. The molecule has 0 aliphatic heterocycles. The Morgan fingerprint density at radius 3 is 1.27 bits per heavy atom. The molecule has 0 amide bonds. The minimum absolute atomic E-state index is 0. The van der Waals surface area contributed by atoms with Crippen LogP contribution in [0, 0.1) is 36.6 Å². The van der Waals surface area contributed by atoms with Crippen molar-refractivity contribution in [2.75, 3.05) is 6.54 Å². The quantitative estimate of drug-likeness (QED) is 0.397. The number of hydrogen-bond donors (Lipinski definition) is 0. The molecule has 0 aliphatic rings. The van der Waals surface area contributed by atoms with Gasteiger partial charge in [-0.05, 0) is 0 Å². The first kappa shape index (κ1) is 61.9. The molecule has 0 saturated heterocycles. The van der Waals surface area contributed by atoms with Crippen molar-refractivity contribution in [2.24, 2.45) is 0 Å². The third kappa shape index (κ3) is 315. The zero-order valence-electron chi connectivity index (χ0n) is 8.70. The summed E-state index contributed by atoms with van der Waals surface area (Å²) in [5.74, 6) is 0. The molecule has 0 aromatic carbocycles. The van der Waals surface area contributed by atoms with Crippen LogP contribution >= 0.6 is 0 Å². The Kier molecular flexibility index (Phi) is 825. The molecule has 0 atom stereocenters. The van der Waals surface area contributed by atoms with Gasteiger partial charge in [-0.2, -0.15) is 6.92 Å². The molecule has 0 aromatic rings. The van der Waals surface area contributed by atoms with Crippen molar-refractivity contribution in [1.29, 1.82) is 0 Å². The van der Waals surface area contributed by atoms with E-state index in [4.69, 9.17) is 5.73 Å². The largest absolute Gasteiger partial charge is 0.674 e. The Bertz CT molecular complexity index is 23.5. The normalized spacial score (nSPS) is 2.82. The van der Waals surface area contributed by atoms with Gasteiger partial charge in [-0.15, -0.1) is 19.2 Å². The van der Waals surface area contributed by atoms with Gasteiger partial charge in [0.05, 0.1) is 0 Å². The van der Waals surface area contributed by atoms with Crippen LogP contribution in [0.15, 0.2) is 12.7 Å². The van der Waals surface area contributed by atoms with Gasteiger partial charge in [-0.1, -0.05) is 0 Å². The first-order valence-electron chi connectivity index (χ1n) is 1.88. The summed E-state index contributed by atoms with van der Waals surface area (Å²) in [6, 6.07) is 0. The molecule has 0 bridgehead atoms. The van der Waals surface area contributed by atoms with Crippen LogP contribution in [0.3, 0.4) is 0 Å². The van der Waals surface area contributed by atoms with Crippen LogP contribution in [0.2, 0.25) is 0 Å². The minimum Gasteiger partial charge on any atom is -0.674 e. The number of rotatable bonds is 1. The zero-order valence-corrected chi connectivity index (χ0v) is 12.3. The molecule has 74 valence electrons. The first-order chi connectivity index (χ1) is 2.91. The standard InChI is InChI=1S/C3H6N.C2H5.4CH3.Hf/c1-2-3-4;1-2;;;;;/h2,4H,1,3H2;1H2,2H3;4*1H3;/q6*-1;. The van der Waals surface area contributed by atoms with Crippen molar-refractivity contribution >= 4 is 0 Å². The summed E-state index contributed by atoms with van der Waals surface area (Å²) in [6.45, 7) is 8.62. The Balaban J connectivity index is -0.00000000432. The SMILES string of the molecule is C=CC[NH-].[CH2-]C.[CH3-].[CH3-].[CH3-].[CH3-].[Hf]. The van der Waals surface area contributed by atoms with Crippen molar-refractivity contribution in [3.05, 3.63) is 55.0 Å². The van der Waals surface area contributed by atoms with Crippen molar-refractivity contribution in [1.82, 2.24) is 0 Å². The van der Waals surface area contributed by atoms with Crippen molar-refractivity contribution in [2.45, 2.75) is 6.92 Å². The fourth-order valence-electron chi connectivity index (χ4n) is 0. The predicted octanol–water partition coefficient (Wildman–Crippen LogP) is 3.86. The van der Waals surface area contributed by atoms with Gasteiger partial charge in [0, 0.05) is 25.8 Å². The predicted molar refractivity (Wildman–Crippen MR) is 56.1 cm³/mol. The van der Waals surface area contributed by atoms with Crippen LogP contribution in [0.5, 0.6) is 0 Å². The second-order valence-electron chi connectivity index (χ2n) is 0.493. The summed E-state index contributed by atoms with van der Waals surface area (Å²) >= 11 is 0. The molecular formula is C9H23HfN-6. The average molecular weight is 324 g/mol. The van der Waals surface area contributed by atoms with Crippen LogP contribution in [0.4, 0.5) is 0 Å². The number of nitrogens with one attached hydrogen (secondary N) is 1.